The minimum atomic E-state index is -0.410. The number of aliphatic hydroxyl groups excluding tert-OH is 1. The molecule has 1 spiro atoms. The van der Waals surface area contributed by atoms with Crippen molar-refractivity contribution in [3.8, 4) is 0 Å². The summed E-state index contributed by atoms with van der Waals surface area (Å²) in [5.41, 5.74) is 2.05. The highest BCUT2D eigenvalue weighted by atomic mass is 16.6. The molecule has 8 nitrogen and oxygen atoms in total. The summed E-state index contributed by atoms with van der Waals surface area (Å²) < 4.78 is 5.75. The van der Waals surface area contributed by atoms with Gasteiger partial charge in [-0.05, 0) is 50.2 Å². The number of rotatable bonds is 5. The lowest BCUT2D eigenvalue weighted by Crippen LogP contribution is -2.45. The second kappa shape index (κ2) is 11.6. The molecule has 8 heteroatoms. The number of hydrogen-bond acceptors (Lipinski definition) is 6. The molecule has 33 heavy (non-hydrogen) atoms. The molecular formula is C25H36N2O6. The number of carbonyl (C=O) groups excluding carboxylic acids is 2. The average Bonchev–Trinajstić information content (AvgIpc) is 3.09. The number of benzene rings is 1. The average molecular weight is 461 g/mol. The second-order valence-electron chi connectivity index (χ2n) is 9.46. The van der Waals surface area contributed by atoms with Gasteiger partial charge in [0.25, 0.3) is 6.47 Å². The molecule has 1 aromatic rings. The van der Waals surface area contributed by atoms with Crippen LogP contribution in [0.2, 0.25) is 0 Å². The molecule has 3 fully saturated rings. The van der Waals surface area contributed by atoms with Gasteiger partial charge in [0.2, 0.25) is 5.91 Å². The number of nitrogens with zero attached hydrogens (tertiary/aromatic N) is 2. The number of carboxylic acid groups (broad SMARTS) is 1. The van der Waals surface area contributed by atoms with Crippen LogP contribution in [0.3, 0.4) is 0 Å². The van der Waals surface area contributed by atoms with Gasteiger partial charge < -0.3 is 19.8 Å². The number of likely N-dealkylation sites (tertiary alicyclic amines) is 2. The van der Waals surface area contributed by atoms with Crippen molar-refractivity contribution < 1.29 is 29.3 Å². The first-order chi connectivity index (χ1) is 15.9. The molecule has 1 aromatic carbocycles. The van der Waals surface area contributed by atoms with Gasteiger partial charge in [-0.2, -0.15) is 0 Å². The SMILES string of the molecule is Cc1ccccc1CCC(=O)N1CCC2(CC1)CC(CN1CCC(O)CC1)OC2=O.O=CO. The van der Waals surface area contributed by atoms with E-state index in [2.05, 4.69) is 24.0 Å². The van der Waals surface area contributed by atoms with E-state index in [-0.39, 0.29) is 30.6 Å². The largest absolute Gasteiger partial charge is 0.483 e. The fourth-order valence-corrected chi connectivity index (χ4v) is 5.21. The van der Waals surface area contributed by atoms with E-state index in [0.29, 0.717) is 32.4 Å². The zero-order chi connectivity index (χ0) is 23.8. The van der Waals surface area contributed by atoms with Gasteiger partial charge in [-0.1, -0.05) is 24.3 Å². The second-order valence-corrected chi connectivity index (χ2v) is 9.46. The van der Waals surface area contributed by atoms with Gasteiger partial charge in [0.05, 0.1) is 11.5 Å². The Balaban J connectivity index is 0.000000968. The van der Waals surface area contributed by atoms with Crippen LogP contribution in [0.15, 0.2) is 24.3 Å². The molecule has 0 aromatic heterocycles. The van der Waals surface area contributed by atoms with Gasteiger partial charge in [-0.3, -0.25) is 19.3 Å². The lowest BCUT2D eigenvalue weighted by atomic mass is 9.76. The van der Waals surface area contributed by atoms with E-state index >= 15 is 0 Å². The first kappa shape index (κ1) is 25.2. The van der Waals surface area contributed by atoms with Crippen LogP contribution >= 0.6 is 0 Å². The molecule has 1 amide bonds. The van der Waals surface area contributed by atoms with E-state index in [1.165, 1.54) is 11.1 Å². The molecule has 0 radical (unpaired) electrons. The van der Waals surface area contributed by atoms with Gasteiger partial charge in [0.1, 0.15) is 6.10 Å². The van der Waals surface area contributed by atoms with Crippen molar-refractivity contribution in [1.29, 1.82) is 0 Å². The number of ether oxygens (including phenoxy) is 1. The zero-order valence-corrected chi connectivity index (χ0v) is 19.4. The minimum absolute atomic E-state index is 0.0592. The Morgan fingerprint density at radius 2 is 1.82 bits per heavy atom. The van der Waals surface area contributed by atoms with E-state index in [4.69, 9.17) is 14.6 Å². The Bertz CT molecular complexity index is 813. The quantitative estimate of drug-likeness (QED) is 0.511. The lowest BCUT2D eigenvalue weighted by Gasteiger charge is -2.37. The molecule has 2 N–H and O–H groups in total. The third-order valence-corrected chi connectivity index (χ3v) is 7.29. The van der Waals surface area contributed by atoms with Crippen molar-refractivity contribution in [2.24, 2.45) is 5.41 Å². The van der Waals surface area contributed by atoms with Crippen LogP contribution < -0.4 is 0 Å². The number of carbonyl (C=O) groups is 3. The van der Waals surface area contributed by atoms with Crippen LogP contribution in [0.1, 0.15) is 49.7 Å². The highest BCUT2D eigenvalue weighted by Crippen LogP contribution is 2.43. The highest BCUT2D eigenvalue weighted by Gasteiger charge is 2.51. The standard InChI is InChI=1S/C24H34N2O4.CH2O2/c1-18-4-2-3-5-19(18)6-7-22(28)26-14-10-24(11-15-26)16-21(30-23(24)29)17-25-12-8-20(27)9-13-25;2-1-3/h2-5,20-21,27H,6-17H2,1H3;1H,(H,2,3). The molecular weight excluding hydrogens is 424 g/mol. The fourth-order valence-electron chi connectivity index (χ4n) is 5.21. The summed E-state index contributed by atoms with van der Waals surface area (Å²) in [4.78, 5) is 38.0. The predicted octanol–water partition coefficient (Wildman–Crippen LogP) is 2.01. The Labute approximate surface area is 195 Å². The molecule has 3 heterocycles. The van der Waals surface area contributed by atoms with Gasteiger partial charge in [0, 0.05) is 45.6 Å². The molecule has 0 saturated carbocycles. The summed E-state index contributed by atoms with van der Waals surface area (Å²) in [6.07, 6.45) is 4.80. The fraction of sp³-hybridized carbons (Fsp3) is 0.640. The summed E-state index contributed by atoms with van der Waals surface area (Å²) in [5.74, 6) is 0.111. The maximum atomic E-state index is 12.7. The number of aryl methyl sites for hydroxylation is 2. The Morgan fingerprint density at radius 3 is 2.45 bits per heavy atom. The lowest BCUT2D eigenvalue weighted by molar-refractivity contribution is -0.153. The van der Waals surface area contributed by atoms with Crippen molar-refractivity contribution in [3.63, 3.8) is 0 Å². The number of piperidine rings is 2. The first-order valence-electron chi connectivity index (χ1n) is 11.9. The Morgan fingerprint density at radius 1 is 1.18 bits per heavy atom. The maximum absolute atomic E-state index is 12.7. The third-order valence-electron chi connectivity index (χ3n) is 7.29. The Hall–Kier alpha value is -2.45. The highest BCUT2D eigenvalue weighted by molar-refractivity contribution is 5.81. The van der Waals surface area contributed by atoms with E-state index in [9.17, 15) is 14.7 Å². The van der Waals surface area contributed by atoms with E-state index in [1.54, 1.807) is 0 Å². The molecule has 4 rings (SSSR count). The van der Waals surface area contributed by atoms with Crippen LogP contribution in [0, 0.1) is 12.3 Å². The van der Waals surface area contributed by atoms with Gasteiger partial charge >= 0.3 is 5.97 Å². The topological polar surface area (TPSA) is 107 Å². The molecule has 3 aliphatic heterocycles. The number of amides is 1. The molecule has 3 saturated heterocycles. The normalized spacial score (nSPS) is 23.0. The summed E-state index contributed by atoms with van der Waals surface area (Å²) in [6.45, 7) is 5.61. The molecule has 3 aliphatic rings. The molecule has 182 valence electrons. The van der Waals surface area contributed by atoms with Crippen molar-refractivity contribution in [2.75, 3.05) is 32.7 Å². The van der Waals surface area contributed by atoms with Crippen LogP contribution in [-0.2, 0) is 25.5 Å². The van der Waals surface area contributed by atoms with Crippen molar-refractivity contribution in [2.45, 2.75) is 64.1 Å². The van der Waals surface area contributed by atoms with Crippen molar-refractivity contribution in [3.05, 3.63) is 35.4 Å². The molecule has 1 atom stereocenters. The van der Waals surface area contributed by atoms with Crippen molar-refractivity contribution >= 4 is 18.3 Å². The number of esters is 1. The van der Waals surface area contributed by atoms with Crippen LogP contribution in [0.5, 0.6) is 0 Å². The molecule has 0 aliphatic carbocycles. The van der Waals surface area contributed by atoms with E-state index in [1.807, 2.05) is 17.0 Å². The van der Waals surface area contributed by atoms with Gasteiger partial charge in [-0.15, -0.1) is 0 Å². The monoisotopic (exact) mass is 460 g/mol. The summed E-state index contributed by atoms with van der Waals surface area (Å²) >= 11 is 0. The van der Waals surface area contributed by atoms with Gasteiger partial charge in [0.15, 0.2) is 0 Å². The minimum Gasteiger partial charge on any atom is -0.483 e. The molecule has 0 bridgehead atoms. The first-order valence-corrected chi connectivity index (χ1v) is 11.9. The predicted molar refractivity (Wildman–Crippen MR) is 123 cm³/mol. The van der Waals surface area contributed by atoms with Crippen LogP contribution in [0.25, 0.3) is 0 Å². The molecule has 1 unspecified atom stereocenters. The van der Waals surface area contributed by atoms with Crippen LogP contribution in [0.4, 0.5) is 0 Å². The van der Waals surface area contributed by atoms with Crippen molar-refractivity contribution in [1.82, 2.24) is 9.80 Å². The zero-order valence-electron chi connectivity index (χ0n) is 19.4. The number of aliphatic hydroxyl groups is 1. The number of hydrogen-bond donors (Lipinski definition) is 2. The van der Waals surface area contributed by atoms with Crippen LogP contribution in [-0.4, -0.2) is 83.3 Å². The summed E-state index contributed by atoms with van der Waals surface area (Å²) in [6, 6.07) is 8.21. The van der Waals surface area contributed by atoms with E-state index in [0.717, 1.165) is 45.3 Å². The summed E-state index contributed by atoms with van der Waals surface area (Å²) in [5, 5.41) is 16.6. The Kier molecular flexibility index (Phi) is 8.86. The number of cyclic esters (lactones) is 1. The smallest absolute Gasteiger partial charge is 0.312 e. The van der Waals surface area contributed by atoms with Gasteiger partial charge in [-0.25, -0.2) is 0 Å². The summed E-state index contributed by atoms with van der Waals surface area (Å²) in [7, 11) is 0. The maximum Gasteiger partial charge on any atom is 0.312 e. The van der Waals surface area contributed by atoms with E-state index < -0.39 is 5.41 Å². The third kappa shape index (κ3) is 6.54.